The van der Waals surface area contributed by atoms with Gasteiger partial charge in [-0.25, -0.2) is 0 Å². The normalized spacial score (nSPS) is 10.7. The number of carbonyl (C=O) groups is 1. The highest BCUT2D eigenvalue weighted by atomic mass is 16.2. The summed E-state index contributed by atoms with van der Waals surface area (Å²) < 4.78 is 0. The molecule has 2 aromatic heterocycles. The Balaban J connectivity index is 1.84. The number of benzene rings is 1. The highest BCUT2D eigenvalue weighted by Crippen LogP contribution is 2.15. The number of carbonyl (C=O) groups excluding carboxylic acids is 1. The van der Waals surface area contributed by atoms with Gasteiger partial charge in [0.1, 0.15) is 0 Å². The van der Waals surface area contributed by atoms with Crippen molar-refractivity contribution in [1.29, 1.82) is 0 Å². The third-order valence-electron chi connectivity index (χ3n) is 3.17. The second kappa shape index (κ2) is 5.13. The van der Waals surface area contributed by atoms with E-state index in [4.69, 9.17) is 0 Å². The van der Waals surface area contributed by atoms with E-state index in [-0.39, 0.29) is 5.91 Å². The Hall–Kier alpha value is -2.69. The summed E-state index contributed by atoms with van der Waals surface area (Å²) >= 11 is 0. The Morgan fingerprint density at radius 3 is 3.05 bits per heavy atom. The maximum Gasteiger partial charge on any atom is 0.253 e. The predicted octanol–water partition coefficient (Wildman–Crippen LogP) is 2.23. The summed E-state index contributed by atoms with van der Waals surface area (Å²) in [5, 5.41) is 7.59. The first-order chi connectivity index (χ1) is 9.74. The fraction of sp³-hybridized carbons (Fsp3) is 0.133. The van der Waals surface area contributed by atoms with Gasteiger partial charge in [0.15, 0.2) is 0 Å². The van der Waals surface area contributed by atoms with Crippen molar-refractivity contribution in [2.24, 2.45) is 0 Å². The Bertz CT molecular complexity index is 736. The van der Waals surface area contributed by atoms with Crippen LogP contribution in [0, 0.1) is 0 Å². The number of fused-ring (bicyclic) bond motifs is 1. The van der Waals surface area contributed by atoms with Crippen molar-refractivity contribution < 1.29 is 4.79 Å². The van der Waals surface area contributed by atoms with Gasteiger partial charge in [-0.15, -0.1) is 0 Å². The lowest BCUT2D eigenvalue weighted by Crippen LogP contribution is -2.25. The highest BCUT2D eigenvalue weighted by Gasteiger charge is 2.13. The number of aromatic amines is 1. The van der Waals surface area contributed by atoms with Gasteiger partial charge < -0.3 is 4.90 Å². The summed E-state index contributed by atoms with van der Waals surface area (Å²) in [4.78, 5) is 18.3. The molecule has 3 aromatic rings. The number of aromatic nitrogens is 3. The van der Waals surface area contributed by atoms with E-state index in [0.717, 1.165) is 16.5 Å². The summed E-state index contributed by atoms with van der Waals surface area (Å²) in [6.45, 7) is 0.528. The fourth-order valence-electron chi connectivity index (χ4n) is 2.14. The molecule has 5 heteroatoms. The number of H-pyrrole nitrogens is 1. The molecule has 0 aliphatic rings. The lowest BCUT2D eigenvalue weighted by atomic mass is 10.1. The van der Waals surface area contributed by atoms with Crippen molar-refractivity contribution in [3.05, 3.63) is 60.0 Å². The zero-order valence-corrected chi connectivity index (χ0v) is 11.1. The molecular formula is C15H14N4O. The van der Waals surface area contributed by atoms with Crippen molar-refractivity contribution in [2.75, 3.05) is 7.05 Å². The van der Waals surface area contributed by atoms with Crippen LogP contribution in [0.5, 0.6) is 0 Å². The van der Waals surface area contributed by atoms with Gasteiger partial charge in [-0.05, 0) is 24.3 Å². The molecule has 100 valence electrons. The maximum absolute atomic E-state index is 12.4. The highest BCUT2D eigenvalue weighted by molar-refractivity contribution is 5.97. The van der Waals surface area contributed by atoms with Gasteiger partial charge in [-0.2, -0.15) is 5.10 Å². The standard InChI is InChI=1S/C15H14N4O/c1-19(10-11-8-17-18-9-11)15(20)13-4-5-14-12(7-13)3-2-6-16-14/h2-9H,10H2,1H3,(H,17,18). The Morgan fingerprint density at radius 1 is 1.35 bits per heavy atom. The van der Waals surface area contributed by atoms with Crippen LogP contribution in [0.2, 0.25) is 0 Å². The van der Waals surface area contributed by atoms with Gasteiger partial charge in [-0.1, -0.05) is 6.07 Å². The zero-order valence-electron chi connectivity index (χ0n) is 11.1. The van der Waals surface area contributed by atoms with E-state index in [1.54, 1.807) is 30.5 Å². The number of nitrogens with one attached hydrogen (secondary N) is 1. The molecule has 5 nitrogen and oxygen atoms in total. The fourth-order valence-corrected chi connectivity index (χ4v) is 2.14. The molecule has 0 aliphatic heterocycles. The molecule has 0 saturated carbocycles. The van der Waals surface area contributed by atoms with Gasteiger partial charge in [0, 0.05) is 42.5 Å². The molecule has 0 radical (unpaired) electrons. The van der Waals surface area contributed by atoms with Gasteiger partial charge in [0.05, 0.1) is 11.7 Å². The molecule has 0 saturated heterocycles. The van der Waals surface area contributed by atoms with E-state index in [0.29, 0.717) is 12.1 Å². The van der Waals surface area contributed by atoms with Crippen molar-refractivity contribution >= 4 is 16.8 Å². The monoisotopic (exact) mass is 266 g/mol. The lowest BCUT2D eigenvalue weighted by Gasteiger charge is -2.16. The molecule has 3 rings (SSSR count). The summed E-state index contributed by atoms with van der Waals surface area (Å²) in [5.74, 6) is -0.0167. The molecule has 0 fully saturated rings. The molecule has 0 atom stereocenters. The first-order valence-electron chi connectivity index (χ1n) is 6.32. The Kier molecular flexibility index (Phi) is 3.16. The third-order valence-corrected chi connectivity index (χ3v) is 3.17. The molecular weight excluding hydrogens is 252 g/mol. The molecule has 1 amide bonds. The smallest absolute Gasteiger partial charge is 0.253 e. The van der Waals surface area contributed by atoms with Crippen molar-refractivity contribution in [3.63, 3.8) is 0 Å². The third kappa shape index (κ3) is 2.38. The van der Waals surface area contributed by atoms with Crippen molar-refractivity contribution in [1.82, 2.24) is 20.1 Å². The topological polar surface area (TPSA) is 61.9 Å². The van der Waals surface area contributed by atoms with Crippen molar-refractivity contribution in [3.8, 4) is 0 Å². The second-order valence-corrected chi connectivity index (χ2v) is 4.68. The maximum atomic E-state index is 12.4. The van der Waals surface area contributed by atoms with Crippen LogP contribution < -0.4 is 0 Å². The number of hydrogen-bond donors (Lipinski definition) is 1. The number of rotatable bonds is 3. The molecule has 0 aliphatic carbocycles. The van der Waals surface area contributed by atoms with Gasteiger partial charge in [0.25, 0.3) is 5.91 Å². The molecule has 0 spiro atoms. The lowest BCUT2D eigenvalue weighted by molar-refractivity contribution is 0.0785. The minimum atomic E-state index is -0.0167. The van der Waals surface area contributed by atoms with Crippen LogP contribution in [0.25, 0.3) is 10.9 Å². The molecule has 20 heavy (non-hydrogen) atoms. The van der Waals surface area contributed by atoms with Gasteiger partial charge >= 0.3 is 0 Å². The van der Waals surface area contributed by atoms with Crippen LogP contribution >= 0.6 is 0 Å². The first-order valence-corrected chi connectivity index (χ1v) is 6.32. The van der Waals surface area contributed by atoms with Crippen LogP contribution in [0.3, 0.4) is 0 Å². The number of amides is 1. The van der Waals surface area contributed by atoms with Gasteiger partial charge in [-0.3, -0.25) is 14.9 Å². The minimum absolute atomic E-state index is 0.0167. The average molecular weight is 266 g/mol. The Morgan fingerprint density at radius 2 is 2.25 bits per heavy atom. The number of pyridine rings is 1. The van der Waals surface area contributed by atoms with Crippen LogP contribution in [-0.4, -0.2) is 33.0 Å². The van der Waals surface area contributed by atoms with Crippen LogP contribution in [0.15, 0.2) is 48.9 Å². The van der Waals surface area contributed by atoms with E-state index in [1.807, 2.05) is 30.3 Å². The van der Waals surface area contributed by atoms with Crippen LogP contribution in [0.4, 0.5) is 0 Å². The molecule has 2 heterocycles. The number of nitrogens with zero attached hydrogens (tertiary/aromatic N) is 3. The average Bonchev–Trinajstić information content (AvgIpc) is 2.99. The van der Waals surface area contributed by atoms with E-state index >= 15 is 0 Å². The van der Waals surface area contributed by atoms with E-state index in [9.17, 15) is 4.79 Å². The molecule has 1 N–H and O–H groups in total. The van der Waals surface area contributed by atoms with E-state index in [1.165, 1.54) is 0 Å². The number of hydrogen-bond acceptors (Lipinski definition) is 3. The predicted molar refractivity (Wildman–Crippen MR) is 76.1 cm³/mol. The summed E-state index contributed by atoms with van der Waals surface area (Å²) in [7, 11) is 1.78. The SMILES string of the molecule is CN(Cc1cn[nH]c1)C(=O)c1ccc2ncccc2c1. The van der Waals surface area contributed by atoms with Crippen LogP contribution in [-0.2, 0) is 6.54 Å². The van der Waals surface area contributed by atoms with Crippen LogP contribution in [0.1, 0.15) is 15.9 Å². The Labute approximate surface area is 116 Å². The molecule has 0 unspecified atom stereocenters. The van der Waals surface area contributed by atoms with E-state index < -0.39 is 0 Å². The van der Waals surface area contributed by atoms with E-state index in [2.05, 4.69) is 15.2 Å². The molecule has 1 aromatic carbocycles. The van der Waals surface area contributed by atoms with Crippen molar-refractivity contribution in [2.45, 2.75) is 6.54 Å². The van der Waals surface area contributed by atoms with Gasteiger partial charge in [0.2, 0.25) is 0 Å². The largest absolute Gasteiger partial charge is 0.337 e. The zero-order chi connectivity index (χ0) is 13.9. The summed E-state index contributed by atoms with van der Waals surface area (Å²) in [5.41, 5.74) is 2.53. The first kappa shape index (κ1) is 12.3. The summed E-state index contributed by atoms with van der Waals surface area (Å²) in [6.07, 6.45) is 5.25. The summed E-state index contributed by atoms with van der Waals surface area (Å²) in [6, 6.07) is 9.37. The molecule has 0 bridgehead atoms. The minimum Gasteiger partial charge on any atom is -0.337 e. The quantitative estimate of drug-likeness (QED) is 0.790. The second-order valence-electron chi connectivity index (χ2n) is 4.68.